The van der Waals surface area contributed by atoms with Gasteiger partial charge in [0, 0.05) is 48.2 Å². The van der Waals surface area contributed by atoms with Gasteiger partial charge in [0.05, 0.1) is 6.54 Å². The lowest BCUT2D eigenvalue weighted by atomic mass is 10.2. The van der Waals surface area contributed by atoms with E-state index in [9.17, 15) is 0 Å². The van der Waals surface area contributed by atoms with Crippen molar-refractivity contribution in [1.82, 2.24) is 25.7 Å². The third-order valence-corrected chi connectivity index (χ3v) is 5.74. The first-order chi connectivity index (χ1) is 14.1. The topological polar surface area (TPSA) is 78.6 Å². The van der Waals surface area contributed by atoms with Crippen LogP contribution in [0, 0.1) is 0 Å². The molecule has 1 aromatic carbocycles. The van der Waals surface area contributed by atoms with Crippen LogP contribution in [0.25, 0.3) is 11.4 Å². The van der Waals surface area contributed by atoms with Gasteiger partial charge in [0.2, 0.25) is 11.7 Å². The Balaban J connectivity index is 1.31. The summed E-state index contributed by atoms with van der Waals surface area (Å²) < 4.78 is 5.38. The van der Waals surface area contributed by atoms with E-state index in [1.165, 1.54) is 12.8 Å². The highest BCUT2D eigenvalue weighted by Crippen LogP contribution is 2.33. The molecule has 4 rings (SSSR count). The molecule has 156 valence electrons. The fraction of sp³-hybridized carbons (Fsp3) is 0.571. The lowest BCUT2D eigenvalue weighted by Crippen LogP contribution is -2.44. The van der Waals surface area contributed by atoms with Crippen molar-refractivity contribution in [3.63, 3.8) is 0 Å². The lowest BCUT2D eigenvalue weighted by molar-refractivity contribution is 0.256. The molecule has 2 unspecified atom stereocenters. The van der Waals surface area contributed by atoms with Crippen molar-refractivity contribution in [1.29, 1.82) is 0 Å². The first-order valence-corrected chi connectivity index (χ1v) is 10.9. The number of hydrogen-bond donors (Lipinski definition) is 2. The normalized spacial score (nSPS) is 22.8. The van der Waals surface area contributed by atoms with Gasteiger partial charge >= 0.3 is 0 Å². The maximum absolute atomic E-state index is 5.93. The van der Waals surface area contributed by atoms with Crippen LogP contribution in [0.1, 0.15) is 39.0 Å². The Bertz CT molecular complexity index is 832. The molecule has 2 N–H and O–H groups in total. The Hall–Kier alpha value is -2.12. The Morgan fingerprint density at radius 1 is 1.31 bits per heavy atom. The third kappa shape index (κ3) is 5.28. The van der Waals surface area contributed by atoms with Crippen LogP contribution in [0.5, 0.6) is 0 Å². The van der Waals surface area contributed by atoms with E-state index in [2.05, 4.69) is 39.5 Å². The number of rotatable bonds is 7. The second kappa shape index (κ2) is 9.13. The van der Waals surface area contributed by atoms with Gasteiger partial charge in [-0.2, -0.15) is 4.98 Å². The zero-order valence-corrected chi connectivity index (χ0v) is 17.8. The molecule has 2 aromatic rings. The summed E-state index contributed by atoms with van der Waals surface area (Å²) in [6, 6.07) is 9.31. The number of nitrogens with zero attached hydrogens (tertiary/aromatic N) is 4. The Morgan fingerprint density at radius 2 is 2.10 bits per heavy atom. The fourth-order valence-electron chi connectivity index (χ4n) is 3.93. The minimum absolute atomic E-state index is 0.448. The maximum Gasteiger partial charge on any atom is 0.228 e. The third-order valence-electron chi connectivity index (χ3n) is 5.49. The number of guanidine groups is 1. The molecule has 0 spiro atoms. The summed E-state index contributed by atoms with van der Waals surface area (Å²) in [4.78, 5) is 11.8. The van der Waals surface area contributed by atoms with Gasteiger partial charge in [0.25, 0.3) is 0 Å². The Morgan fingerprint density at radius 3 is 2.83 bits per heavy atom. The maximum atomic E-state index is 5.93. The van der Waals surface area contributed by atoms with E-state index >= 15 is 0 Å². The molecular formula is C21H29ClN6O. The predicted molar refractivity (Wildman–Crippen MR) is 115 cm³/mol. The minimum Gasteiger partial charge on any atom is -0.357 e. The molecule has 7 nitrogen and oxygen atoms in total. The van der Waals surface area contributed by atoms with E-state index in [0.717, 1.165) is 37.1 Å². The number of aliphatic imine (C=N–C) groups is 1. The van der Waals surface area contributed by atoms with Gasteiger partial charge in [0.15, 0.2) is 5.96 Å². The van der Waals surface area contributed by atoms with Crippen molar-refractivity contribution in [3.05, 3.63) is 35.2 Å². The first kappa shape index (κ1) is 20.2. The largest absolute Gasteiger partial charge is 0.357 e. The number of nitrogens with one attached hydrogen (secondary N) is 2. The molecule has 2 aliphatic rings. The standard InChI is InChI=1S/C21H29ClN6O/c1-3-23-21(25-17-12-14(2)28(13-17)18-8-9-18)24-11-10-19-26-20(27-29-19)15-4-6-16(22)7-5-15/h4-7,14,17-18H,3,8-13H2,1-2H3,(H2,23,24,25). The summed E-state index contributed by atoms with van der Waals surface area (Å²) >= 11 is 5.93. The van der Waals surface area contributed by atoms with Crippen molar-refractivity contribution < 1.29 is 4.52 Å². The highest BCUT2D eigenvalue weighted by atomic mass is 35.5. The summed E-state index contributed by atoms with van der Waals surface area (Å²) in [5.41, 5.74) is 0.887. The van der Waals surface area contributed by atoms with Gasteiger partial charge in [-0.05, 0) is 57.4 Å². The monoisotopic (exact) mass is 416 g/mol. The Kier molecular flexibility index (Phi) is 6.35. The highest BCUT2D eigenvalue weighted by molar-refractivity contribution is 6.30. The van der Waals surface area contributed by atoms with Crippen molar-refractivity contribution in [3.8, 4) is 11.4 Å². The predicted octanol–water partition coefficient (Wildman–Crippen LogP) is 3.11. The molecule has 1 saturated carbocycles. The molecule has 2 atom stereocenters. The van der Waals surface area contributed by atoms with Crippen molar-refractivity contribution in [2.24, 2.45) is 4.99 Å². The van der Waals surface area contributed by atoms with Gasteiger partial charge < -0.3 is 15.2 Å². The Labute approximate surface area is 176 Å². The van der Waals surface area contributed by atoms with Crippen LogP contribution in [0.15, 0.2) is 33.8 Å². The van der Waals surface area contributed by atoms with E-state index < -0.39 is 0 Å². The number of hydrogen-bond acceptors (Lipinski definition) is 5. The highest BCUT2D eigenvalue weighted by Gasteiger charge is 2.38. The molecule has 0 bridgehead atoms. The first-order valence-electron chi connectivity index (χ1n) is 10.5. The van der Waals surface area contributed by atoms with Gasteiger partial charge in [-0.1, -0.05) is 16.8 Å². The lowest BCUT2D eigenvalue weighted by Gasteiger charge is -2.20. The fourth-order valence-corrected chi connectivity index (χ4v) is 4.05. The number of halogens is 1. The van der Waals surface area contributed by atoms with Crippen molar-refractivity contribution >= 4 is 17.6 Å². The summed E-state index contributed by atoms with van der Waals surface area (Å²) in [6.45, 7) is 6.94. The molecule has 2 fully saturated rings. The second-order valence-electron chi connectivity index (χ2n) is 7.88. The molecule has 1 aliphatic heterocycles. The van der Waals surface area contributed by atoms with Crippen LogP contribution in [0.4, 0.5) is 0 Å². The van der Waals surface area contributed by atoms with E-state index in [4.69, 9.17) is 21.1 Å². The molecule has 29 heavy (non-hydrogen) atoms. The molecule has 0 radical (unpaired) electrons. The van der Waals surface area contributed by atoms with E-state index in [-0.39, 0.29) is 0 Å². The summed E-state index contributed by atoms with van der Waals surface area (Å²) in [5, 5.41) is 11.7. The quantitative estimate of drug-likeness (QED) is 0.533. The minimum atomic E-state index is 0.448. The van der Waals surface area contributed by atoms with Crippen LogP contribution < -0.4 is 10.6 Å². The molecule has 1 aromatic heterocycles. The summed E-state index contributed by atoms with van der Waals surface area (Å²) in [7, 11) is 0. The van der Waals surface area contributed by atoms with Gasteiger partial charge in [-0.25, -0.2) is 0 Å². The molecule has 0 amide bonds. The van der Waals surface area contributed by atoms with Crippen LogP contribution in [-0.2, 0) is 6.42 Å². The van der Waals surface area contributed by atoms with Crippen LogP contribution in [0.2, 0.25) is 5.02 Å². The molecular weight excluding hydrogens is 388 g/mol. The van der Waals surface area contributed by atoms with Crippen LogP contribution in [0.3, 0.4) is 0 Å². The molecule has 8 heteroatoms. The number of likely N-dealkylation sites (tertiary alicyclic amines) is 1. The number of aromatic nitrogens is 2. The van der Waals surface area contributed by atoms with Crippen LogP contribution in [-0.4, -0.2) is 58.8 Å². The van der Waals surface area contributed by atoms with Crippen LogP contribution >= 0.6 is 11.6 Å². The van der Waals surface area contributed by atoms with Gasteiger partial charge in [-0.15, -0.1) is 0 Å². The van der Waals surface area contributed by atoms with Gasteiger partial charge in [0.1, 0.15) is 0 Å². The van der Waals surface area contributed by atoms with E-state index in [1.807, 2.05) is 24.3 Å². The molecule has 2 heterocycles. The number of benzene rings is 1. The SMILES string of the molecule is CCNC(=NCCc1nc(-c2ccc(Cl)cc2)no1)NC1CC(C)N(C2CC2)C1. The zero-order chi connectivity index (χ0) is 20.2. The zero-order valence-electron chi connectivity index (χ0n) is 17.1. The second-order valence-corrected chi connectivity index (χ2v) is 8.32. The summed E-state index contributed by atoms with van der Waals surface area (Å²) in [6.07, 6.45) is 4.47. The van der Waals surface area contributed by atoms with E-state index in [0.29, 0.717) is 41.8 Å². The average Bonchev–Trinajstić information content (AvgIpc) is 3.33. The van der Waals surface area contributed by atoms with Crippen molar-refractivity contribution in [2.75, 3.05) is 19.6 Å². The molecule has 1 aliphatic carbocycles. The van der Waals surface area contributed by atoms with Gasteiger partial charge in [-0.3, -0.25) is 9.89 Å². The molecule has 1 saturated heterocycles. The van der Waals surface area contributed by atoms with E-state index in [1.54, 1.807) is 0 Å². The average molecular weight is 417 g/mol. The summed E-state index contributed by atoms with van der Waals surface area (Å²) in [5.74, 6) is 2.02. The smallest absolute Gasteiger partial charge is 0.228 e. The van der Waals surface area contributed by atoms with Crippen molar-refractivity contribution in [2.45, 2.75) is 57.7 Å².